The minimum absolute atomic E-state index is 0. The molecule has 0 unspecified atom stereocenters. The van der Waals surface area contributed by atoms with E-state index in [1.165, 1.54) is 9.48 Å². The van der Waals surface area contributed by atoms with Gasteiger partial charge >= 0.3 is 30.7 Å². The molecule has 2 N–H and O–H groups in total. The number of nitrogens with one attached hydrogen (secondary N) is 2. The van der Waals surface area contributed by atoms with Gasteiger partial charge in [0.2, 0.25) is 0 Å². The Bertz CT molecular complexity index is 2620. The Kier molecular flexibility index (Phi) is 13.2. The Labute approximate surface area is 376 Å². The Hall–Kier alpha value is -6.49. The van der Waals surface area contributed by atoms with Gasteiger partial charge in [-0.3, -0.25) is 0 Å². The molecule has 0 saturated heterocycles. The molecule has 66 heavy (non-hydrogen) atoms. The highest BCUT2D eigenvalue weighted by Gasteiger charge is 2.50. The molecule has 0 amide bonds. The monoisotopic (exact) mass is 945 g/mol. The highest BCUT2D eigenvalue weighted by molar-refractivity contribution is 5.98. The van der Waals surface area contributed by atoms with Gasteiger partial charge in [0, 0.05) is 0 Å². The van der Waals surface area contributed by atoms with Crippen molar-refractivity contribution in [2.24, 2.45) is 4.99 Å². The maximum absolute atomic E-state index is 14.3. The SMILES string of the molecule is FC(F)(F)c1cc(CN2C(NC3=N[C@@H](c4ccccc4)[C@H](c4ccccc4)N3)=[N+](Cc3cc(C(F)(F)F)cc(C(F)(F)F)c3)[C@@H](c3ccccc3)[C@@H]2c2ccccc2)cc(C(F)(F)F)c1.[Cl-]. The molecule has 4 atom stereocenters. The van der Waals surface area contributed by atoms with E-state index in [1.54, 1.807) is 78.9 Å². The van der Waals surface area contributed by atoms with Gasteiger partial charge in [-0.1, -0.05) is 121 Å². The highest BCUT2D eigenvalue weighted by Crippen LogP contribution is 2.46. The molecule has 18 heteroatoms. The van der Waals surface area contributed by atoms with Crippen molar-refractivity contribution < 1.29 is 69.7 Å². The summed E-state index contributed by atoms with van der Waals surface area (Å²) in [5.74, 6) is -0.0327. The van der Waals surface area contributed by atoms with Crippen molar-refractivity contribution in [2.75, 3.05) is 0 Å². The van der Waals surface area contributed by atoms with Crippen LogP contribution in [-0.4, -0.2) is 21.4 Å². The number of hydrogen-bond donors (Lipinski definition) is 2. The van der Waals surface area contributed by atoms with Gasteiger partial charge in [0.25, 0.3) is 5.96 Å². The van der Waals surface area contributed by atoms with E-state index in [2.05, 4.69) is 10.6 Å². The van der Waals surface area contributed by atoms with Gasteiger partial charge < -0.3 is 17.7 Å². The van der Waals surface area contributed by atoms with Gasteiger partial charge in [-0.2, -0.15) is 52.7 Å². The van der Waals surface area contributed by atoms with Crippen molar-refractivity contribution in [3.05, 3.63) is 213 Å². The molecule has 0 radical (unpaired) electrons. The summed E-state index contributed by atoms with van der Waals surface area (Å²) >= 11 is 0. The zero-order chi connectivity index (χ0) is 46.3. The van der Waals surface area contributed by atoms with Gasteiger partial charge in [0.1, 0.15) is 18.1 Å². The lowest BCUT2D eigenvalue weighted by Gasteiger charge is -2.27. The number of aliphatic imine (C=N–C) groups is 1. The first-order chi connectivity index (χ1) is 30.7. The maximum Gasteiger partial charge on any atom is 0.416 e. The van der Waals surface area contributed by atoms with Crippen LogP contribution in [0.1, 0.15) is 79.8 Å². The van der Waals surface area contributed by atoms with E-state index in [-0.39, 0.29) is 36.5 Å². The van der Waals surface area contributed by atoms with Gasteiger partial charge in [0.05, 0.1) is 41.4 Å². The second-order valence-corrected chi connectivity index (χ2v) is 15.6. The van der Waals surface area contributed by atoms with Crippen LogP contribution in [0.2, 0.25) is 0 Å². The van der Waals surface area contributed by atoms with Crippen LogP contribution < -0.4 is 23.0 Å². The first-order valence-corrected chi connectivity index (χ1v) is 20.0. The molecule has 0 saturated carbocycles. The molecule has 2 aliphatic heterocycles. The van der Waals surface area contributed by atoms with Crippen LogP contribution in [0.4, 0.5) is 52.7 Å². The molecule has 6 aromatic rings. The summed E-state index contributed by atoms with van der Waals surface area (Å²) in [4.78, 5) is 6.44. The van der Waals surface area contributed by atoms with Gasteiger partial charge in [-0.05, 0) is 69.8 Å². The van der Waals surface area contributed by atoms with Crippen LogP contribution in [-0.2, 0) is 37.8 Å². The third-order valence-electron chi connectivity index (χ3n) is 11.2. The largest absolute Gasteiger partial charge is 1.00 e. The predicted octanol–water partition coefficient (Wildman–Crippen LogP) is 9.66. The van der Waals surface area contributed by atoms with Crippen molar-refractivity contribution in [3.63, 3.8) is 0 Å². The maximum atomic E-state index is 14.3. The van der Waals surface area contributed by atoms with E-state index in [0.29, 0.717) is 35.4 Å². The summed E-state index contributed by atoms with van der Waals surface area (Å²) < 4.78 is 173. The molecule has 0 fully saturated rings. The molecule has 0 aromatic heterocycles. The molecular formula is C48H36ClF12N5. The molecule has 8 rings (SSSR count). The van der Waals surface area contributed by atoms with Gasteiger partial charge in [0.15, 0.2) is 0 Å². The second-order valence-electron chi connectivity index (χ2n) is 15.6. The van der Waals surface area contributed by atoms with Gasteiger partial charge in [-0.15, -0.1) is 0 Å². The first kappa shape index (κ1) is 47.5. The van der Waals surface area contributed by atoms with Crippen molar-refractivity contribution in [1.82, 2.24) is 15.5 Å². The molecule has 5 nitrogen and oxygen atoms in total. The van der Waals surface area contributed by atoms with E-state index in [9.17, 15) is 52.7 Å². The average molecular weight is 946 g/mol. The summed E-state index contributed by atoms with van der Waals surface area (Å²) in [7, 11) is 0. The highest BCUT2D eigenvalue weighted by atomic mass is 35.5. The molecule has 0 bridgehead atoms. The van der Waals surface area contributed by atoms with Crippen molar-refractivity contribution in [2.45, 2.75) is 62.0 Å². The zero-order valence-electron chi connectivity index (χ0n) is 34.0. The lowest BCUT2D eigenvalue weighted by molar-refractivity contribution is -0.583. The lowest BCUT2D eigenvalue weighted by Crippen LogP contribution is -3.00. The molecule has 0 spiro atoms. The van der Waals surface area contributed by atoms with E-state index >= 15 is 0 Å². The summed E-state index contributed by atoms with van der Waals surface area (Å²) in [6.45, 7) is -1.33. The molecule has 2 heterocycles. The van der Waals surface area contributed by atoms with E-state index in [1.807, 2.05) is 42.5 Å². The summed E-state index contributed by atoms with van der Waals surface area (Å²) in [6.07, 6.45) is -20.8. The third kappa shape index (κ3) is 10.3. The van der Waals surface area contributed by atoms with E-state index in [0.717, 1.165) is 11.1 Å². The fourth-order valence-electron chi connectivity index (χ4n) is 8.39. The number of guanidine groups is 2. The van der Waals surface area contributed by atoms with Crippen LogP contribution in [0.25, 0.3) is 0 Å². The zero-order valence-corrected chi connectivity index (χ0v) is 34.7. The summed E-state index contributed by atoms with van der Waals surface area (Å²) in [6, 6.07) is 33.9. The van der Waals surface area contributed by atoms with Crippen LogP contribution in [0.3, 0.4) is 0 Å². The minimum atomic E-state index is -5.20. The number of alkyl halides is 12. The normalized spacial score (nSPS) is 19.0. The Morgan fingerprint density at radius 2 is 0.894 bits per heavy atom. The van der Waals surface area contributed by atoms with Crippen molar-refractivity contribution in [1.29, 1.82) is 0 Å². The summed E-state index contributed by atoms with van der Waals surface area (Å²) in [5.41, 5.74) is -4.72. The van der Waals surface area contributed by atoms with Crippen LogP contribution in [0.15, 0.2) is 163 Å². The topological polar surface area (TPSA) is 42.7 Å². The van der Waals surface area contributed by atoms with Gasteiger partial charge in [-0.25, -0.2) is 19.8 Å². The van der Waals surface area contributed by atoms with Crippen molar-refractivity contribution >= 4 is 11.9 Å². The van der Waals surface area contributed by atoms with Crippen molar-refractivity contribution in [3.8, 4) is 0 Å². The fourth-order valence-corrected chi connectivity index (χ4v) is 8.39. The Morgan fingerprint density at radius 1 is 0.500 bits per heavy atom. The Balaban J connectivity index is 0.00000648. The predicted molar refractivity (Wildman–Crippen MR) is 218 cm³/mol. The molecular weight excluding hydrogens is 910 g/mol. The lowest BCUT2D eigenvalue weighted by atomic mass is 9.92. The first-order valence-electron chi connectivity index (χ1n) is 20.0. The number of hydrogen-bond acceptors (Lipinski definition) is 4. The molecule has 6 aromatic carbocycles. The molecule has 2 aliphatic rings. The standard InChI is InChI=1S/C48H35F12N5.ClH/c49-45(50,51)35-21-29(22-36(25-35)46(52,53)54)27-64-41(33-17-9-3-10-18-33)42(34-19-11-4-12-20-34)65(28-30-23-37(47(55,56)57)26-38(24-30)48(58,59)60)44(64)63-43-61-39(31-13-5-1-6-14-31)40(62-43)32-15-7-2-8-16-32;/h1-26,39-42H,27-28H2,(H,61,62);1H/t39-,40-,41-,42-;/m0./s1. The Morgan fingerprint density at radius 3 is 1.33 bits per heavy atom. The van der Waals surface area contributed by atoms with E-state index < -0.39 is 95.3 Å². The number of rotatable bonds is 8. The average Bonchev–Trinajstić information content (AvgIpc) is 3.82. The second kappa shape index (κ2) is 18.4. The molecule has 0 aliphatic carbocycles. The summed E-state index contributed by atoms with van der Waals surface area (Å²) in [5, 5.41) is 6.56. The quantitative estimate of drug-likeness (QED) is 0.118. The number of nitrogens with zero attached hydrogens (tertiary/aromatic N) is 3. The van der Waals surface area contributed by atoms with Crippen LogP contribution >= 0.6 is 0 Å². The number of benzene rings is 6. The fraction of sp³-hybridized carbons (Fsp3) is 0.208. The van der Waals surface area contributed by atoms with Crippen LogP contribution in [0, 0.1) is 0 Å². The van der Waals surface area contributed by atoms with Crippen LogP contribution in [0.5, 0.6) is 0 Å². The minimum Gasteiger partial charge on any atom is -1.00 e. The third-order valence-corrected chi connectivity index (χ3v) is 11.2. The van der Waals surface area contributed by atoms with E-state index in [4.69, 9.17) is 4.99 Å². The number of halogens is 13. The molecule has 344 valence electrons. The smallest absolute Gasteiger partial charge is 0.416 e.